The van der Waals surface area contributed by atoms with Crippen LogP contribution in [0.5, 0.6) is 5.75 Å². The number of nitrogens with zero attached hydrogens (tertiary/aromatic N) is 1. The molecule has 3 aliphatic heterocycles. The second kappa shape index (κ2) is 5.27. The fraction of sp³-hybridized carbons (Fsp3) is 0.647. The lowest BCUT2D eigenvalue weighted by Gasteiger charge is -2.39. The Bertz CT molecular complexity index is 519. The van der Waals surface area contributed by atoms with Crippen molar-refractivity contribution in [3.05, 3.63) is 29.3 Å². The molecule has 1 aromatic rings. The molecule has 4 nitrogen and oxygen atoms in total. The second-order valence-corrected chi connectivity index (χ2v) is 6.89. The monoisotopic (exact) mass is 287 g/mol. The Morgan fingerprint density at radius 2 is 2.05 bits per heavy atom. The minimum absolute atomic E-state index is 0.271. The number of rotatable bonds is 3. The Morgan fingerprint density at radius 1 is 1.29 bits per heavy atom. The van der Waals surface area contributed by atoms with Crippen molar-refractivity contribution in [3.8, 4) is 5.75 Å². The van der Waals surface area contributed by atoms with Crippen molar-refractivity contribution >= 4 is 0 Å². The molecule has 3 heterocycles. The molecule has 0 amide bonds. The van der Waals surface area contributed by atoms with Crippen LogP contribution in [0.4, 0.5) is 0 Å². The van der Waals surface area contributed by atoms with Gasteiger partial charge in [0.15, 0.2) is 0 Å². The van der Waals surface area contributed by atoms with Crippen LogP contribution in [0.15, 0.2) is 18.2 Å². The molecule has 114 valence electrons. The molecule has 0 aliphatic carbocycles. The Morgan fingerprint density at radius 3 is 2.76 bits per heavy atom. The van der Waals surface area contributed by atoms with Gasteiger partial charge in [-0.2, -0.15) is 0 Å². The highest BCUT2D eigenvalue weighted by molar-refractivity contribution is 5.41. The normalized spacial score (nSPS) is 32.8. The van der Waals surface area contributed by atoms with E-state index >= 15 is 0 Å². The molecule has 3 unspecified atom stereocenters. The molecule has 3 N–H and O–H groups in total. The highest BCUT2D eigenvalue weighted by atomic mass is 16.5. The van der Waals surface area contributed by atoms with Crippen LogP contribution in [-0.4, -0.2) is 30.6 Å². The fourth-order valence-corrected chi connectivity index (χ4v) is 4.63. The van der Waals surface area contributed by atoms with Crippen molar-refractivity contribution in [3.63, 3.8) is 0 Å². The summed E-state index contributed by atoms with van der Waals surface area (Å²) in [6.07, 6.45) is 6.25. The quantitative estimate of drug-likeness (QED) is 0.659. The van der Waals surface area contributed by atoms with Gasteiger partial charge in [0.2, 0.25) is 0 Å². The van der Waals surface area contributed by atoms with Gasteiger partial charge < -0.3 is 9.64 Å². The zero-order valence-corrected chi connectivity index (χ0v) is 12.7. The molecule has 0 spiro atoms. The van der Waals surface area contributed by atoms with E-state index in [0.717, 1.165) is 30.9 Å². The average molecular weight is 287 g/mol. The van der Waals surface area contributed by atoms with Gasteiger partial charge in [0.1, 0.15) is 5.75 Å². The van der Waals surface area contributed by atoms with Crippen molar-refractivity contribution in [2.24, 2.45) is 11.8 Å². The van der Waals surface area contributed by atoms with E-state index in [0.29, 0.717) is 5.92 Å². The molecular formula is C17H25N3O. The largest absolute Gasteiger partial charge is 0.493 e. The summed E-state index contributed by atoms with van der Waals surface area (Å²) < 4.78 is 5.61. The van der Waals surface area contributed by atoms with Crippen LogP contribution in [0, 0.1) is 5.92 Å². The lowest BCUT2D eigenvalue weighted by Crippen LogP contribution is -2.45. The second-order valence-electron chi connectivity index (χ2n) is 6.89. The van der Waals surface area contributed by atoms with Gasteiger partial charge in [-0.15, -0.1) is 0 Å². The first kappa shape index (κ1) is 13.6. The first-order valence-corrected chi connectivity index (χ1v) is 8.20. The molecule has 4 heteroatoms. The van der Waals surface area contributed by atoms with E-state index in [2.05, 4.69) is 35.6 Å². The van der Waals surface area contributed by atoms with Gasteiger partial charge in [-0.1, -0.05) is 12.1 Å². The Kier molecular flexibility index (Phi) is 3.40. The van der Waals surface area contributed by atoms with Crippen molar-refractivity contribution in [2.75, 3.05) is 13.7 Å². The lowest BCUT2D eigenvalue weighted by atomic mass is 9.82. The number of nitrogens with two attached hydrogens (primary N) is 1. The molecule has 3 aliphatic rings. The summed E-state index contributed by atoms with van der Waals surface area (Å²) in [7, 11) is 2.29. The fourth-order valence-electron chi connectivity index (χ4n) is 4.63. The smallest absolute Gasteiger partial charge is 0.122 e. The number of piperidine rings is 1. The minimum atomic E-state index is 0.271. The average Bonchev–Trinajstić information content (AvgIpc) is 3.01. The third-order valence-corrected chi connectivity index (χ3v) is 5.86. The van der Waals surface area contributed by atoms with Gasteiger partial charge in [0.25, 0.3) is 0 Å². The zero-order chi connectivity index (χ0) is 14.4. The molecule has 3 atom stereocenters. The number of benzene rings is 1. The molecule has 1 aromatic carbocycles. The van der Waals surface area contributed by atoms with Crippen LogP contribution >= 0.6 is 0 Å². The topological polar surface area (TPSA) is 50.5 Å². The number of nitrogens with one attached hydrogen (secondary N) is 1. The number of hydrazine groups is 1. The molecule has 2 saturated heterocycles. The van der Waals surface area contributed by atoms with Crippen molar-refractivity contribution in [1.29, 1.82) is 0 Å². The van der Waals surface area contributed by atoms with E-state index in [1.807, 2.05) is 0 Å². The summed E-state index contributed by atoms with van der Waals surface area (Å²) in [6, 6.07) is 8.38. The highest BCUT2D eigenvalue weighted by Crippen LogP contribution is 2.43. The summed E-state index contributed by atoms with van der Waals surface area (Å²) in [6.45, 7) is 0.817. The maximum Gasteiger partial charge on any atom is 0.122 e. The van der Waals surface area contributed by atoms with E-state index in [9.17, 15) is 0 Å². The maximum absolute atomic E-state index is 5.93. The number of hydrogen-bond donors (Lipinski definition) is 2. The van der Waals surface area contributed by atoms with Gasteiger partial charge in [-0.25, -0.2) is 0 Å². The summed E-state index contributed by atoms with van der Waals surface area (Å²) in [5, 5.41) is 0. The van der Waals surface area contributed by atoms with Gasteiger partial charge >= 0.3 is 0 Å². The van der Waals surface area contributed by atoms with Gasteiger partial charge in [-0.05, 0) is 55.8 Å². The number of ether oxygens (including phenoxy) is 1. The van der Waals surface area contributed by atoms with Crippen LogP contribution < -0.4 is 16.0 Å². The van der Waals surface area contributed by atoms with Crippen LogP contribution in [0.1, 0.15) is 42.9 Å². The van der Waals surface area contributed by atoms with E-state index in [1.165, 1.54) is 36.8 Å². The molecule has 2 fully saturated rings. The van der Waals surface area contributed by atoms with Crippen molar-refractivity contribution < 1.29 is 4.74 Å². The Hall–Kier alpha value is -1.10. The summed E-state index contributed by atoms with van der Waals surface area (Å²) in [5.74, 6) is 7.63. The van der Waals surface area contributed by atoms with Gasteiger partial charge in [-0.3, -0.25) is 11.3 Å². The van der Waals surface area contributed by atoms with Gasteiger partial charge in [0, 0.05) is 24.5 Å². The molecule has 21 heavy (non-hydrogen) atoms. The Labute approximate surface area is 126 Å². The van der Waals surface area contributed by atoms with Crippen LogP contribution in [0.3, 0.4) is 0 Å². The number of fused-ring (bicyclic) bond motifs is 3. The number of hydrogen-bond acceptors (Lipinski definition) is 4. The van der Waals surface area contributed by atoms with E-state index in [-0.39, 0.29) is 6.04 Å². The predicted octanol–water partition coefficient (Wildman–Crippen LogP) is 2.00. The van der Waals surface area contributed by atoms with Crippen molar-refractivity contribution in [1.82, 2.24) is 10.3 Å². The third kappa shape index (κ3) is 2.26. The highest BCUT2D eigenvalue weighted by Gasteiger charge is 2.41. The van der Waals surface area contributed by atoms with Crippen LogP contribution in [0.25, 0.3) is 0 Å². The first-order chi connectivity index (χ1) is 10.3. The molecule has 2 bridgehead atoms. The first-order valence-electron chi connectivity index (χ1n) is 8.20. The molecular weight excluding hydrogens is 262 g/mol. The van der Waals surface area contributed by atoms with Crippen LogP contribution in [-0.2, 0) is 6.42 Å². The molecule has 0 radical (unpaired) electrons. The predicted molar refractivity (Wildman–Crippen MR) is 83.0 cm³/mol. The van der Waals surface area contributed by atoms with Crippen molar-refractivity contribution in [2.45, 2.75) is 50.2 Å². The summed E-state index contributed by atoms with van der Waals surface area (Å²) >= 11 is 0. The minimum Gasteiger partial charge on any atom is -0.493 e. The van der Waals surface area contributed by atoms with E-state index in [1.54, 1.807) is 0 Å². The molecule has 4 rings (SSSR count). The molecule has 0 saturated carbocycles. The van der Waals surface area contributed by atoms with Gasteiger partial charge in [0.05, 0.1) is 6.61 Å². The SMILES string of the molecule is CN1C2CCC1CC(C(NN)c1ccc3c(c1)CCO3)C2. The zero-order valence-electron chi connectivity index (χ0n) is 12.7. The van der Waals surface area contributed by atoms with E-state index < -0.39 is 0 Å². The lowest BCUT2D eigenvalue weighted by molar-refractivity contribution is 0.112. The standard InChI is InChI=1S/C17H25N3O/c1-20-14-3-4-15(20)10-13(9-14)17(19-18)12-2-5-16-11(8-12)6-7-21-16/h2,5,8,13-15,17,19H,3-4,6-7,9-10,18H2,1H3. The van der Waals surface area contributed by atoms with Crippen LogP contribution in [0.2, 0.25) is 0 Å². The summed E-state index contributed by atoms with van der Waals surface area (Å²) in [5.41, 5.74) is 5.77. The Balaban J connectivity index is 1.57. The maximum atomic E-state index is 5.93. The van der Waals surface area contributed by atoms with E-state index in [4.69, 9.17) is 10.6 Å². The molecule has 0 aromatic heterocycles. The summed E-state index contributed by atoms with van der Waals surface area (Å²) in [4.78, 5) is 2.58. The third-order valence-electron chi connectivity index (χ3n) is 5.86.